The average Bonchev–Trinajstić information content (AvgIpc) is 2.80. The van der Waals surface area contributed by atoms with Gasteiger partial charge in [0.25, 0.3) is 0 Å². The van der Waals surface area contributed by atoms with Gasteiger partial charge in [0.2, 0.25) is 11.8 Å². The highest BCUT2D eigenvalue weighted by Crippen LogP contribution is 2.27. The molecule has 2 atom stereocenters. The Kier molecular flexibility index (Phi) is 11.6. The van der Waals surface area contributed by atoms with Crippen LogP contribution >= 0.6 is 11.8 Å². The van der Waals surface area contributed by atoms with Gasteiger partial charge in [-0.2, -0.15) is 11.8 Å². The van der Waals surface area contributed by atoms with E-state index in [1.807, 2.05) is 6.26 Å². The number of phenols is 1. The van der Waals surface area contributed by atoms with E-state index in [1.165, 1.54) is 17.0 Å². The third kappa shape index (κ3) is 9.41. The van der Waals surface area contributed by atoms with E-state index in [2.05, 4.69) is 17.2 Å². The van der Waals surface area contributed by atoms with Crippen LogP contribution in [-0.4, -0.2) is 64.2 Å². The number of amides is 3. The molecule has 3 N–H and O–H groups in total. The van der Waals surface area contributed by atoms with E-state index in [4.69, 9.17) is 4.74 Å². The van der Waals surface area contributed by atoms with E-state index in [9.17, 15) is 19.5 Å². The average molecular weight is 520 g/mol. The van der Waals surface area contributed by atoms with E-state index in [-0.39, 0.29) is 24.2 Å². The number of hydrogen-bond acceptors (Lipinski definition) is 6. The molecule has 1 aromatic rings. The third-order valence-corrected chi connectivity index (χ3v) is 6.55. The SMILES string of the molecule is C=CCN(C(=O)C(CCSC)NC(=O)OC(C)(C)C)C(C(=O)NC1CCCCC1)c1cccc(O)c1. The molecule has 1 aromatic carbocycles. The molecule has 0 aromatic heterocycles. The van der Waals surface area contributed by atoms with Crippen LogP contribution in [0.4, 0.5) is 4.79 Å². The van der Waals surface area contributed by atoms with Crippen molar-refractivity contribution in [2.24, 2.45) is 0 Å². The van der Waals surface area contributed by atoms with Crippen molar-refractivity contribution >= 4 is 29.7 Å². The van der Waals surface area contributed by atoms with Gasteiger partial charge in [0.05, 0.1) is 0 Å². The molecule has 8 nitrogen and oxygen atoms in total. The molecule has 36 heavy (non-hydrogen) atoms. The fourth-order valence-corrected chi connectivity index (χ4v) is 4.77. The van der Waals surface area contributed by atoms with Crippen LogP contribution in [0.3, 0.4) is 0 Å². The fourth-order valence-electron chi connectivity index (χ4n) is 4.30. The molecule has 0 bridgehead atoms. The summed E-state index contributed by atoms with van der Waals surface area (Å²) < 4.78 is 5.39. The summed E-state index contributed by atoms with van der Waals surface area (Å²) in [5.74, 6) is -0.107. The maximum atomic E-state index is 13.9. The normalized spacial score (nSPS) is 15.9. The van der Waals surface area contributed by atoms with Crippen molar-refractivity contribution in [2.75, 3.05) is 18.6 Å². The Morgan fingerprint density at radius 3 is 2.53 bits per heavy atom. The van der Waals surface area contributed by atoms with Gasteiger partial charge in [0, 0.05) is 12.6 Å². The zero-order chi connectivity index (χ0) is 26.7. The van der Waals surface area contributed by atoms with Gasteiger partial charge in [-0.25, -0.2) is 4.79 Å². The molecule has 0 aliphatic heterocycles. The fraction of sp³-hybridized carbons (Fsp3) is 0.593. The second kappa shape index (κ2) is 14.2. The smallest absolute Gasteiger partial charge is 0.408 e. The van der Waals surface area contributed by atoms with Crippen LogP contribution in [0.25, 0.3) is 0 Å². The van der Waals surface area contributed by atoms with Gasteiger partial charge in [-0.05, 0) is 69.7 Å². The van der Waals surface area contributed by atoms with Crippen molar-refractivity contribution in [3.05, 3.63) is 42.5 Å². The van der Waals surface area contributed by atoms with E-state index < -0.39 is 29.7 Å². The largest absolute Gasteiger partial charge is 0.508 e. The van der Waals surface area contributed by atoms with E-state index in [0.29, 0.717) is 17.7 Å². The first-order valence-corrected chi connectivity index (χ1v) is 13.9. The predicted octanol–water partition coefficient (Wildman–Crippen LogP) is 4.54. The molecule has 1 aliphatic rings. The second-order valence-corrected chi connectivity index (χ2v) is 11.1. The summed E-state index contributed by atoms with van der Waals surface area (Å²) in [7, 11) is 0. The van der Waals surface area contributed by atoms with Crippen molar-refractivity contribution in [1.82, 2.24) is 15.5 Å². The Bertz CT molecular complexity index is 896. The van der Waals surface area contributed by atoms with Crippen LogP contribution in [0.2, 0.25) is 0 Å². The zero-order valence-electron chi connectivity index (χ0n) is 21.9. The van der Waals surface area contributed by atoms with Crippen LogP contribution in [0.15, 0.2) is 36.9 Å². The highest BCUT2D eigenvalue weighted by Gasteiger charge is 2.36. The predicted molar refractivity (Wildman–Crippen MR) is 144 cm³/mol. The Morgan fingerprint density at radius 1 is 1.25 bits per heavy atom. The number of hydrogen-bond donors (Lipinski definition) is 3. The lowest BCUT2D eigenvalue weighted by Crippen LogP contribution is -2.54. The number of thioether (sulfide) groups is 1. The van der Waals surface area contributed by atoms with Crippen molar-refractivity contribution in [3.63, 3.8) is 0 Å². The Morgan fingerprint density at radius 2 is 1.94 bits per heavy atom. The number of carbonyl (C=O) groups is 3. The zero-order valence-corrected chi connectivity index (χ0v) is 22.7. The van der Waals surface area contributed by atoms with Gasteiger partial charge in [-0.3, -0.25) is 9.59 Å². The minimum atomic E-state index is -0.998. The summed E-state index contributed by atoms with van der Waals surface area (Å²) in [6.07, 6.45) is 8.18. The summed E-state index contributed by atoms with van der Waals surface area (Å²) >= 11 is 1.55. The van der Waals surface area contributed by atoms with Crippen molar-refractivity contribution in [3.8, 4) is 5.75 Å². The molecule has 1 fully saturated rings. The maximum Gasteiger partial charge on any atom is 0.408 e. The number of phenolic OH excluding ortho intramolecular Hbond substituents is 1. The van der Waals surface area contributed by atoms with Gasteiger partial charge in [0.1, 0.15) is 23.4 Å². The number of rotatable bonds is 11. The van der Waals surface area contributed by atoms with Crippen LogP contribution in [0.5, 0.6) is 5.75 Å². The quantitative estimate of drug-likeness (QED) is 0.371. The molecule has 0 heterocycles. The topological polar surface area (TPSA) is 108 Å². The van der Waals surface area contributed by atoms with Crippen molar-refractivity contribution in [2.45, 2.75) is 83.0 Å². The molecule has 9 heteroatoms. The van der Waals surface area contributed by atoms with Crippen LogP contribution in [-0.2, 0) is 14.3 Å². The molecule has 3 amide bonds. The van der Waals surface area contributed by atoms with Crippen molar-refractivity contribution in [1.29, 1.82) is 0 Å². The summed E-state index contributed by atoms with van der Waals surface area (Å²) in [6.45, 7) is 9.14. The molecule has 0 radical (unpaired) electrons. The van der Waals surface area contributed by atoms with Gasteiger partial charge in [-0.1, -0.05) is 37.5 Å². The van der Waals surface area contributed by atoms with Crippen molar-refractivity contribution < 1.29 is 24.2 Å². The number of ether oxygens (including phenoxy) is 1. The number of alkyl carbamates (subject to hydrolysis) is 1. The van der Waals surface area contributed by atoms with E-state index in [0.717, 1.165) is 32.1 Å². The third-order valence-electron chi connectivity index (χ3n) is 5.91. The number of nitrogens with zero attached hydrogens (tertiary/aromatic N) is 1. The minimum Gasteiger partial charge on any atom is -0.508 e. The molecule has 2 unspecified atom stereocenters. The highest BCUT2D eigenvalue weighted by molar-refractivity contribution is 7.98. The summed E-state index contributed by atoms with van der Waals surface area (Å²) in [6, 6.07) is 4.52. The van der Waals surface area contributed by atoms with Crippen LogP contribution < -0.4 is 10.6 Å². The lowest BCUT2D eigenvalue weighted by atomic mass is 9.94. The first-order valence-electron chi connectivity index (χ1n) is 12.5. The van der Waals surface area contributed by atoms with E-state index in [1.54, 1.807) is 50.7 Å². The summed E-state index contributed by atoms with van der Waals surface area (Å²) in [5, 5.41) is 16.0. The Labute approximate surface area is 219 Å². The summed E-state index contributed by atoms with van der Waals surface area (Å²) in [5.41, 5.74) is -0.235. The van der Waals surface area contributed by atoms with Crippen LogP contribution in [0.1, 0.15) is 70.9 Å². The molecule has 200 valence electrons. The molecular formula is C27H41N3O5S. The monoisotopic (exact) mass is 519 g/mol. The molecule has 1 aliphatic carbocycles. The number of benzene rings is 1. The number of carbonyl (C=O) groups excluding carboxylic acids is 3. The van der Waals surface area contributed by atoms with Gasteiger partial charge < -0.3 is 25.4 Å². The molecule has 2 rings (SSSR count). The standard InChI is InChI=1S/C27H41N3O5S/c1-6-16-30(25(33)22(15-17-36-5)29-26(34)35-27(2,3)4)23(19-11-10-14-21(31)18-19)24(32)28-20-12-8-7-9-13-20/h6,10-11,14,18,20,22-23,31H,1,7-9,12-13,15-17H2,2-5H3,(H,28,32)(H,29,34). The summed E-state index contributed by atoms with van der Waals surface area (Å²) in [4.78, 5) is 41.5. The maximum absolute atomic E-state index is 13.9. The van der Waals surface area contributed by atoms with Crippen LogP contribution in [0, 0.1) is 0 Å². The molecule has 0 saturated heterocycles. The second-order valence-electron chi connectivity index (χ2n) is 10.1. The lowest BCUT2D eigenvalue weighted by Gasteiger charge is -2.35. The number of aromatic hydroxyl groups is 1. The minimum absolute atomic E-state index is 0.000202. The first-order chi connectivity index (χ1) is 17.1. The Balaban J connectivity index is 2.40. The first kappa shape index (κ1) is 29.5. The Hall–Kier alpha value is -2.68. The molecule has 1 saturated carbocycles. The van der Waals surface area contributed by atoms with Gasteiger partial charge in [-0.15, -0.1) is 6.58 Å². The van der Waals surface area contributed by atoms with Gasteiger partial charge in [0.15, 0.2) is 0 Å². The van der Waals surface area contributed by atoms with E-state index >= 15 is 0 Å². The molecular weight excluding hydrogens is 478 g/mol. The number of nitrogens with one attached hydrogen (secondary N) is 2. The highest BCUT2D eigenvalue weighted by atomic mass is 32.2. The lowest BCUT2D eigenvalue weighted by molar-refractivity contribution is -0.142. The molecule has 0 spiro atoms. The van der Waals surface area contributed by atoms with Gasteiger partial charge >= 0.3 is 6.09 Å².